The van der Waals surface area contributed by atoms with Crippen molar-refractivity contribution in [2.75, 3.05) is 25.0 Å². The van der Waals surface area contributed by atoms with Gasteiger partial charge < -0.3 is 10.6 Å². The molecule has 0 radical (unpaired) electrons. The third kappa shape index (κ3) is 3.08. The van der Waals surface area contributed by atoms with Gasteiger partial charge in [-0.05, 0) is 25.0 Å². The number of fused-ring (bicyclic) bond motifs is 2. The maximum Gasteiger partial charge on any atom is 0.238 e. The average Bonchev–Trinajstić information content (AvgIpc) is 2.72. The number of nitrogens with zero attached hydrogens (tertiary/aromatic N) is 1. The predicted molar refractivity (Wildman–Crippen MR) is 76.5 cm³/mol. The first-order chi connectivity index (χ1) is 9.20. The van der Waals surface area contributed by atoms with Crippen LogP contribution in [0, 0.1) is 0 Å². The number of anilines is 1. The summed E-state index contributed by atoms with van der Waals surface area (Å²) in [5.41, 5.74) is 0.687. The summed E-state index contributed by atoms with van der Waals surface area (Å²) >= 11 is 6.03. The van der Waals surface area contributed by atoms with Gasteiger partial charge in [0.05, 0.1) is 17.3 Å². The van der Waals surface area contributed by atoms with Gasteiger partial charge in [0.2, 0.25) is 5.91 Å². The Balaban J connectivity index is 1.56. The lowest BCUT2D eigenvalue weighted by Gasteiger charge is -2.32. The summed E-state index contributed by atoms with van der Waals surface area (Å²) in [6.07, 6.45) is 2.46. The second-order valence-corrected chi connectivity index (χ2v) is 5.77. The molecule has 0 saturated carbocycles. The molecule has 2 bridgehead atoms. The Kier molecular flexibility index (Phi) is 3.73. The number of rotatable bonds is 3. The molecule has 2 heterocycles. The van der Waals surface area contributed by atoms with E-state index in [9.17, 15) is 4.79 Å². The summed E-state index contributed by atoms with van der Waals surface area (Å²) < 4.78 is 0. The number of amides is 1. The topological polar surface area (TPSA) is 44.4 Å². The molecule has 2 N–H and O–H groups in total. The molecule has 102 valence electrons. The highest BCUT2D eigenvalue weighted by Gasteiger charge is 2.32. The van der Waals surface area contributed by atoms with Gasteiger partial charge in [-0.25, -0.2) is 0 Å². The van der Waals surface area contributed by atoms with Crippen LogP contribution in [0.5, 0.6) is 0 Å². The van der Waals surface area contributed by atoms with E-state index in [1.807, 2.05) is 18.2 Å². The molecule has 4 nitrogen and oxygen atoms in total. The number of carbonyl (C=O) groups is 1. The molecule has 2 unspecified atom stereocenters. The molecule has 2 fully saturated rings. The highest BCUT2D eigenvalue weighted by atomic mass is 35.5. The van der Waals surface area contributed by atoms with E-state index in [1.54, 1.807) is 6.07 Å². The monoisotopic (exact) mass is 279 g/mol. The molecule has 1 aromatic carbocycles. The van der Waals surface area contributed by atoms with E-state index >= 15 is 0 Å². The van der Waals surface area contributed by atoms with Crippen molar-refractivity contribution in [3.8, 4) is 0 Å². The second-order valence-electron chi connectivity index (χ2n) is 5.36. The third-order valence-corrected chi connectivity index (χ3v) is 4.14. The zero-order chi connectivity index (χ0) is 13.2. The Bertz CT molecular complexity index is 468. The van der Waals surface area contributed by atoms with Crippen molar-refractivity contribution in [2.24, 2.45) is 0 Å². The number of likely N-dealkylation sites (tertiary alicyclic amines) is 1. The standard InChI is InChI=1S/C14H18ClN3O/c15-12-3-1-2-4-13(12)17-14(19)9-18-7-10-5-6-11(8-18)16-10/h1-4,10-11,16H,5-9H2,(H,17,19). The summed E-state index contributed by atoms with van der Waals surface area (Å²) in [6, 6.07) is 8.45. The number of piperazine rings is 1. The molecule has 3 rings (SSSR count). The predicted octanol–water partition coefficient (Wildman–Crippen LogP) is 1.71. The lowest BCUT2D eigenvalue weighted by molar-refractivity contribution is -0.117. The van der Waals surface area contributed by atoms with E-state index in [1.165, 1.54) is 12.8 Å². The van der Waals surface area contributed by atoms with Crippen LogP contribution in [0.4, 0.5) is 5.69 Å². The summed E-state index contributed by atoms with van der Waals surface area (Å²) in [7, 11) is 0. The fourth-order valence-corrected chi connectivity index (χ4v) is 3.16. The van der Waals surface area contributed by atoms with Crippen LogP contribution >= 0.6 is 11.6 Å². The van der Waals surface area contributed by atoms with Gasteiger partial charge in [0.25, 0.3) is 0 Å². The molecule has 0 aromatic heterocycles. The number of hydrogen-bond donors (Lipinski definition) is 2. The average molecular weight is 280 g/mol. The number of hydrogen-bond acceptors (Lipinski definition) is 3. The van der Waals surface area contributed by atoms with Crippen LogP contribution < -0.4 is 10.6 Å². The van der Waals surface area contributed by atoms with Crippen molar-refractivity contribution in [3.05, 3.63) is 29.3 Å². The minimum atomic E-state index is 0.00870. The fourth-order valence-electron chi connectivity index (χ4n) is 2.97. The first kappa shape index (κ1) is 12.9. The molecule has 19 heavy (non-hydrogen) atoms. The van der Waals surface area contributed by atoms with E-state index in [4.69, 9.17) is 11.6 Å². The Morgan fingerprint density at radius 2 is 2.00 bits per heavy atom. The number of para-hydroxylation sites is 1. The summed E-state index contributed by atoms with van der Waals surface area (Å²) in [5, 5.41) is 7.01. The fraction of sp³-hybridized carbons (Fsp3) is 0.500. The van der Waals surface area contributed by atoms with Gasteiger partial charge in [0.1, 0.15) is 0 Å². The van der Waals surface area contributed by atoms with E-state index in [-0.39, 0.29) is 5.91 Å². The zero-order valence-corrected chi connectivity index (χ0v) is 11.5. The minimum Gasteiger partial charge on any atom is -0.324 e. The van der Waals surface area contributed by atoms with Crippen molar-refractivity contribution in [3.63, 3.8) is 0 Å². The summed E-state index contributed by atoms with van der Waals surface area (Å²) in [5.74, 6) is 0.00870. The van der Waals surface area contributed by atoms with Gasteiger partial charge >= 0.3 is 0 Å². The van der Waals surface area contributed by atoms with Crippen LogP contribution in [0.15, 0.2) is 24.3 Å². The number of benzene rings is 1. The molecule has 0 aliphatic carbocycles. The lowest BCUT2D eigenvalue weighted by atomic mass is 10.2. The van der Waals surface area contributed by atoms with E-state index in [0.29, 0.717) is 29.3 Å². The van der Waals surface area contributed by atoms with Crippen LogP contribution in [0.1, 0.15) is 12.8 Å². The largest absolute Gasteiger partial charge is 0.324 e. The second kappa shape index (κ2) is 5.49. The maximum absolute atomic E-state index is 12.0. The van der Waals surface area contributed by atoms with E-state index in [2.05, 4.69) is 15.5 Å². The smallest absolute Gasteiger partial charge is 0.238 e. The Hall–Kier alpha value is -1.10. The number of nitrogens with one attached hydrogen (secondary N) is 2. The lowest BCUT2D eigenvalue weighted by Crippen LogP contribution is -2.52. The van der Waals surface area contributed by atoms with Crippen LogP contribution in [-0.2, 0) is 4.79 Å². The van der Waals surface area contributed by atoms with Crippen molar-refractivity contribution in [1.29, 1.82) is 0 Å². The molecule has 2 aliphatic rings. The van der Waals surface area contributed by atoms with Crippen LogP contribution in [-0.4, -0.2) is 42.5 Å². The maximum atomic E-state index is 12.0. The zero-order valence-electron chi connectivity index (χ0n) is 10.7. The van der Waals surface area contributed by atoms with Gasteiger partial charge in [-0.1, -0.05) is 23.7 Å². The van der Waals surface area contributed by atoms with Gasteiger partial charge in [-0.15, -0.1) is 0 Å². The van der Waals surface area contributed by atoms with Crippen molar-refractivity contribution >= 4 is 23.2 Å². The Morgan fingerprint density at radius 3 is 2.68 bits per heavy atom. The molecule has 1 aromatic rings. The Morgan fingerprint density at radius 1 is 1.32 bits per heavy atom. The molecule has 2 atom stereocenters. The first-order valence-electron chi connectivity index (χ1n) is 6.73. The molecule has 2 aliphatic heterocycles. The van der Waals surface area contributed by atoms with Crippen LogP contribution in [0.25, 0.3) is 0 Å². The van der Waals surface area contributed by atoms with Crippen LogP contribution in [0.2, 0.25) is 5.02 Å². The van der Waals surface area contributed by atoms with Crippen LogP contribution in [0.3, 0.4) is 0 Å². The van der Waals surface area contributed by atoms with Gasteiger partial charge in [-0.2, -0.15) is 0 Å². The minimum absolute atomic E-state index is 0.00870. The van der Waals surface area contributed by atoms with Crippen molar-refractivity contribution in [1.82, 2.24) is 10.2 Å². The summed E-state index contributed by atoms with van der Waals surface area (Å²) in [6.45, 7) is 2.37. The molecular formula is C14H18ClN3O. The summed E-state index contributed by atoms with van der Waals surface area (Å²) in [4.78, 5) is 14.3. The highest BCUT2D eigenvalue weighted by Crippen LogP contribution is 2.22. The van der Waals surface area contributed by atoms with E-state index in [0.717, 1.165) is 13.1 Å². The SMILES string of the molecule is O=C(CN1CC2CCC(C1)N2)Nc1ccccc1Cl. The van der Waals surface area contributed by atoms with Gasteiger partial charge in [0, 0.05) is 25.2 Å². The molecule has 0 spiro atoms. The molecule has 5 heteroatoms. The van der Waals surface area contributed by atoms with Crippen molar-refractivity contribution < 1.29 is 4.79 Å². The normalized spacial score (nSPS) is 26.4. The quantitative estimate of drug-likeness (QED) is 0.885. The third-order valence-electron chi connectivity index (χ3n) is 3.81. The Labute approximate surface area is 118 Å². The van der Waals surface area contributed by atoms with Crippen molar-refractivity contribution in [2.45, 2.75) is 24.9 Å². The highest BCUT2D eigenvalue weighted by molar-refractivity contribution is 6.33. The van der Waals surface area contributed by atoms with Gasteiger partial charge in [-0.3, -0.25) is 9.69 Å². The number of halogens is 1. The number of carbonyl (C=O) groups excluding carboxylic acids is 1. The molecular weight excluding hydrogens is 262 g/mol. The van der Waals surface area contributed by atoms with E-state index < -0.39 is 0 Å². The first-order valence-corrected chi connectivity index (χ1v) is 7.11. The van der Waals surface area contributed by atoms with Gasteiger partial charge in [0.15, 0.2) is 0 Å². The molecule has 1 amide bonds. The molecule has 2 saturated heterocycles.